The molecule has 0 saturated carbocycles. The van der Waals surface area contributed by atoms with Gasteiger partial charge in [0.15, 0.2) is 5.69 Å². The molecule has 1 aromatic heterocycles. The van der Waals surface area contributed by atoms with Crippen molar-refractivity contribution < 1.29 is 14.7 Å². The van der Waals surface area contributed by atoms with Crippen LogP contribution in [0.4, 0.5) is 0 Å². The number of aliphatic hydroxyl groups is 1. The van der Waals surface area contributed by atoms with Gasteiger partial charge in [0, 0.05) is 30.7 Å². The molecule has 1 aliphatic heterocycles. The minimum Gasteiger partial charge on any atom is -0.389 e. The highest BCUT2D eigenvalue weighted by Crippen LogP contribution is 2.16. The Bertz CT molecular complexity index is 819. The Morgan fingerprint density at radius 1 is 1.41 bits per heavy atom. The van der Waals surface area contributed by atoms with Crippen LogP contribution >= 0.6 is 11.6 Å². The van der Waals surface area contributed by atoms with Gasteiger partial charge in [0.05, 0.1) is 12.6 Å². The minimum absolute atomic E-state index is 0.171. The zero-order valence-electron chi connectivity index (χ0n) is 15.2. The molecule has 0 bridgehead atoms. The van der Waals surface area contributed by atoms with Crippen molar-refractivity contribution in [1.29, 1.82) is 0 Å². The largest absolute Gasteiger partial charge is 0.389 e. The summed E-state index contributed by atoms with van der Waals surface area (Å²) in [7, 11) is 0. The van der Waals surface area contributed by atoms with Gasteiger partial charge in [0.1, 0.15) is 5.69 Å². The maximum Gasteiger partial charge on any atom is 0.274 e. The van der Waals surface area contributed by atoms with Gasteiger partial charge in [-0.05, 0) is 24.1 Å². The van der Waals surface area contributed by atoms with Crippen LogP contribution < -0.4 is 5.32 Å². The van der Waals surface area contributed by atoms with Crippen molar-refractivity contribution in [1.82, 2.24) is 20.0 Å². The molecule has 27 heavy (non-hydrogen) atoms. The molecular formula is C19H23ClN4O3. The normalized spacial score (nSPS) is 16.4. The number of hydrogen-bond acceptors (Lipinski definition) is 4. The van der Waals surface area contributed by atoms with E-state index in [1.54, 1.807) is 17.0 Å². The number of fused-ring (bicyclic) bond motifs is 1. The molecule has 144 valence electrons. The number of aromatic nitrogens is 2. The number of β-amino-alcohol motifs (C(OH)–C–C–N with tert-alkyl or cyclic N) is 1. The average molecular weight is 391 g/mol. The third-order valence-corrected chi connectivity index (χ3v) is 4.72. The fourth-order valence-electron chi connectivity index (χ4n) is 2.98. The number of aliphatic hydroxyl groups excluding tert-OH is 1. The highest BCUT2D eigenvalue weighted by Gasteiger charge is 2.26. The zero-order chi connectivity index (χ0) is 19.4. The maximum absolute atomic E-state index is 13.0. The number of unbranched alkanes of at least 4 members (excludes halogenated alkanes) is 1. The van der Waals surface area contributed by atoms with Crippen LogP contribution in [0.3, 0.4) is 0 Å². The Morgan fingerprint density at radius 3 is 2.85 bits per heavy atom. The summed E-state index contributed by atoms with van der Waals surface area (Å²) >= 11 is 5.94. The molecule has 7 nitrogen and oxygen atoms in total. The van der Waals surface area contributed by atoms with E-state index in [2.05, 4.69) is 17.3 Å². The topological polar surface area (TPSA) is 87.5 Å². The van der Waals surface area contributed by atoms with E-state index in [-0.39, 0.29) is 36.3 Å². The standard InChI is InChI=1S/C19H23ClN4O3/c1-2-3-8-23(11-13-4-6-14(20)7-5-13)19(27)16-9-17-18(26)21-10-15(25)12-24(17)22-16/h4-7,9,15,25H,2-3,8,10-12H2,1H3,(H,21,26). The van der Waals surface area contributed by atoms with Crippen molar-refractivity contribution in [2.24, 2.45) is 0 Å². The Morgan fingerprint density at radius 2 is 2.15 bits per heavy atom. The van der Waals surface area contributed by atoms with Crippen molar-refractivity contribution >= 4 is 23.4 Å². The van der Waals surface area contributed by atoms with Gasteiger partial charge in [0.25, 0.3) is 11.8 Å². The van der Waals surface area contributed by atoms with E-state index in [0.717, 1.165) is 18.4 Å². The number of carbonyl (C=O) groups is 2. The fraction of sp³-hybridized carbons (Fsp3) is 0.421. The van der Waals surface area contributed by atoms with Crippen molar-refractivity contribution in [2.75, 3.05) is 13.1 Å². The zero-order valence-corrected chi connectivity index (χ0v) is 15.9. The summed E-state index contributed by atoms with van der Waals surface area (Å²) < 4.78 is 1.40. The summed E-state index contributed by atoms with van der Waals surface area (Å²) in [6.07, 6.45) is 1.09. The van der Waals surface area contributed by atoms with Crippen molar-refractivity contribution in [3.63, 3.8) is 0 Å². The number of nitrogens with zero attached hydrogens (tertiary/aromatic N) is 3. The van der Waals surface area contributed by atoms with Crippen molar-refractivity contribution in [3.05, 3.63) is 52.3 Å². The van der Waals surface area contributed by atoms with Crippen LogP contribution in [0.25, 0.3) is 0 Å². The molecule has 2 aromatic rings. The van der Waals surface area contributed by atoms with Gasteiger partial charge in [-0.2, -0.15) is 5.10 Å². The lowest BCUT2D eigenvalue weighted by atomic mass is 10.2. The number of hydrogen-bond donors (Lipinski definition) is 2. The maximum atomic E-state index is 13.0. The van der Waals surface area contributed by atoms with Crippen LogP contribution in [0, 0.1) is 0 Å². The SMILES string of the molecule is CCCCN(Cc1ccc(Cl)cc1)C(=O)c1cc2n(n1)CC(O)CNC2=O. The summed E-state index contributed by atoms with van der Waals surface area (Å²) in [6, 6.07) is 8.87. The van der Waals surface area contributed by atoms with Crippen LogP contribution in [-0.4, -0.2) is 50.8 Å². The molecule has 1 atom stereocenters. The van der Waals surface area contributed by atoms with E-state index in [1.165, 1.54) is 10.7 Å². The van der Waals surface area contributed by atoms with Gasteiger partial charge >= 0.3 is 0 Å². The first-order valence-corrected chi connectivity index (χ1v) is 9.43. The van der Waals surface area contributed by atoms with Crippen LogP contribution in [0.15, 0.2) is 30.3 Å². The summed E-state index contributed by atoms with van der Waals surface area (Å²) in [4.78, 5) is 26.9. The van der Waals surface area contributed by atoms with Crippen LogP contribution in [0.2, 0.25) is 5.02 Å². The monoisotopic (exact) mass is 390 g/mol. The summed E-state index contributed by atoms with van der Waals surface area (Å²) in [5.74, 6) is -0.572. The molecule has 0 aliphatic carbocycles. The molecule has 1 unspecified atom stereocenters. The molecule has 2 N–H and O–H groups in total. The minimum atomic E-state index is -0.733. The van der Waals surface area contributed by atoms with Crippen LogP contribution in [-0.2, 0) is 13.1 Å². The van der Waals surface area contributed by atoms with E-state index in [1.807, 2.05) is 12.1 Å². The van der Waals surface area contributed by atoms with Gasteiger partial charge in [0.2, 0.25) is 0 Å². The molecule has 0 radical (unpaired) electrons. The van der Waals surface area contributed by atoms with Crippen LogP contribution in [0.1, 0.15) is 46.3 Å². The quantitative estimate of drug-likeness (QED) is 0.790. The average Bonchev–Trinajstić information content (AvgIpc) is 3.02. The molecule has 3 rings (SSSR count). The van der Waals surface area contributed by atoms with E-state index in [4.69, 9.17) is 11.6 Å². The molecule has 8 heteroatoms. The van der Waals surface area contributed by atoms with Gasteiger partial charge in [-0.15, -0.1) is 0 Å². The van der Waals surface area contributed by atoms with Gasteiger partial charge in [-0.1, -0.05) is 37.1 Å². The second-order valence-electron chi connectivity index (χ2n) is 6.67. The van der Waals surface area contributed by atoms with E-state index >= 15 is 0 Å². The lowest BCUT2D eigenvalue weighted by Gasteiger charge is -2.22. The van der Waals surface area contributed by atoms with Gasteiger partial charge in [-0.25, -0.2) is 0 Å². The third kappa shape index (κ3) is 4.67. The number of rotatable bonds is 6. The Labute approximate surface area is 162 Å². The van der Waals surface area contributed by atoms with Crippen LogP contribution in [0.5, 0.6) is 0 Å². The number of halogens is 1. The lowest BCUT2D eigenvalue weighted by molar-refractivity contribution is 0.0732. The summed E-state index contributed by atoms with van der Waals surface area (Å²) in [5.41, 5.74) is 1.47. The lowest BCUT2D eigenvalue weighted by Crippen LogP contribution is -2.32. The molecule has 1 aromatic carbocycles. The third-order valence-electron chi connectivity index (χ3n) is 4.47. The molecular weight excluding hydrogens is 368 g/mol. The Hall–Kier alpha value is -2.38. The Kier molecular flexibility index (Phi) is 6.13. The number of amides is 2. The second-order valence-corrected chi connectivity index (χ2v) is 7.10. The summed E-state index contributed by atoms with van der Waals surface area (Å²) in [6.45, 7) is 3.44. The predicted molar refractivity (Wildman–Crippen MR) is 102 cm³/mol. The first kappa shape index (κ1) is 19.4. The highest BCUT2D eigenvalue weighted by molar-refractivity contribution is 6.30. The Balaban J connectivity index is 1.83. The highest BCUT2D eigenvalue weighted by atomic mass is 35.5. The van der Waals surface area contributed by atoms with E-state index in [9.17, 15) is 14.7 Å². The molecule has 0 fully saturated rings. The molecule has 2 heterocycles. The predicted octanol–water partition coefficient (Wildman–Crippen LogP) is 2.08. The molecule has 2 amide bonds. The summed E-state index contributed by atoms with van der Waals surface area (Å²) in [5, 5.41) is 17.4. The smallest absolute Gasteiger partial charge is 0.274 e. The number of benzene rings is 1. The van der Waals surface area contributed by atoms with E-state index in [0.29, 0.717) is 18.1 Å². The first-order chi connectivity index (χ1) is 13.0. The van der Waals surface area contributed by atoms with E-state index < -0.39 is 6.10 Å². The van der Waals surface area contributed by atoms with Gasteiger partial charge in [-0.3, -0.25) is 14.3 Å². The first-order valence-electron chi connectivity index (χ1n) is 9.05. The van der Waals surface area contributed by atoms with Gasteiger partial charge < -0.3 is 15.3 Å². The second kappa shape index (κ2) is 8.54. The fourth-order valence-corrected chi connectivity index (χ4v) is 3.11. The molecule has 1 aliphatic rings. The molecule has 0 spiro atoms. The van der Waals surface area contributed by atoms with Crippen molar-refractivity contribution in [3.8, 4) is 0 Å². The number of nitrogens with one attached hydrogen (secondary N) is 1. The molecule has 0 saturated heterocycles. The number of carbonyl (C=O) groups excluding carboxylic acids is 2. The van der Waals surface area contributed by atoms with Crippen molar-refractivity contribution in [2.45, 2.75) is 39.0 Å².